The quantitative estimate of drug-likeness (QED) is 0.702. The van der Waals surface area contributed by atoms with Crippen molar-refractivity contribution in [2.45, 2.75) is 6.17 Å². The highest BCUT2D eigenvalue weighted by Crippen LogP contribution is 2.15. The average molecular weight is 255 g/mol. The Hall–Kier alpha value is -1.30. The summed E-state index contributed by atoms with van der Waals surface area (Å²) in [6, 6.07) is 6.91. The Morgan fingerprint density at radius 1 is 1.59 bits per heavy atom. The zero-order chi connectivity index (χ0) is 12.3. The lowest BCUT2D eigenvalue weighted by Crippen LogP contribution is -2.57. The van der Waals surface area contributed by atoms with Gasteiger partial charge in [-0.3, -0.25) is 5.32 Å². The molecular weight excluding hydrogens is 240 g/mol. The molecule has 1 heterocycles. The molecule has 0 saturated carbocycles. The summed E-state index contributed by atoms with van der Waals surface area (Å²) >= 11 is 5.84. The summed E-state index contributed by atoms with van der Waals surface area (Å²) < 4.78 is 0. The number of urea groups is 1. The number of amides is 2. The molecule has 0 bridgehead atoms. The van der Waals surface area contributed by atoms with E-state index in [4.69, 9.17) is 17.3 Å². The van der Waals surface area contributed by atoms with Crippen molar-refractivity contribution in [2.75, 3.05) is 25.0 Å². The first-order chi connectivity index (χ1) is 8.15. The number of halogens is 1. The minimum absolute atomic E-state index is 0.149. The number of carbonyl (C=O) groups excluding carboxylic acids is 1. The fourth-order valence-electron chi connectivity index (χ4n) is 1.73. The molecule has 2 amide bonds. The van der Waals surface area contributed by atoms with Gasteiger partial charge < -0.3 is 16.0 Å². The minimum Gasteiger partial charge on any atom is -0.320 e. The van der Waals surface area contributed by atoms with Gasteiger partial charge in [-0.15, -0.1) is 0 Å². The fourth-order valence-corrected chi connectivity index (χ4v) is 1.92. The standard InChI is InChI=1S/C11H15ClN4O/c12-8-2-1-3-9(6-8)15-11(17)16-5-4-14-10(13)7-16/h1-3,6,10,14H,4-5,7,13H2,(H,15,17). The molecule has 0 radical (unpaired) electrons. The van der Waals surface area contributed by atoms with Gasteiger partial charge in [-0.1, -0.05) is 17.7 Å². The zero-order valence-electron chi connectivity index (χ0n) is 9.32. The van der Waals surface area contributed by atoms with Gasteiger partial charge in [-0.05, 0) is 18.2 Å². The molecule has 1 aromatic carbocycles. The lowest BCUT2D eigenvalue weighted by Gasteiger charge is -2.31. The van der Waals surface area contributed by atoms with Crippen LogP contribution in [0.5, 0.6) is 0 Å². The molecule has 17 heavy (non-hydrogen) atoms. The summed E-state index contributed by atoms with van der Waals surface area (Å²) in [5.41, 5.74) is 6.42. The van der Waals surface area contributed by atoms with E-state index in [1.54, 1.807) is 29.2 Å². The molecule has 0 aliphatic carbocycles. The van der Waals surface area contributed by atoms with Crippen LogP contribution >= 0.6 is 11.6 Å². The van der Waals surface area contributed by atoms with Crippen molar-refractivity contribution in [1.29, 1.82) is 0 Å². The molecule has 2 rings (SSSR count). The molecule has 92 valence electrons. The first-order valence-electron chi connectivity index (χ1n) is 5.45. The van der Waals surface area contributed by atoms with Crippen molar-refractivity contribution in [3.63, 3.8) is 0 Å². The summed E-state index contributed by atoms with van der Waals surface area (Å²) in [6.45, 7) is 1.87. The van der Waals surface area contributed by atoms with Crippen molar-refractivity contribution >= 4 is 23.3 Å². The first-order valence-corrected chi connectivity index (χ1v) is 5.83. The van der Waals surface area contributed by atoms with Crippen LogP contribution in [0.3, 0.4) is 0 Å². The molecule has 0 aromatic heterocycles. The van der Waals surface area contributed by atoms with E-state index in [0.29, 0.717) is 30.3 Å². The predicted octanol–water partition coefficient (Wildman–Crippen LogP) is 1.06. The van der Waals surface area contributed by atoms with Crippen LogP contribution in [0.25, 0.3) is 0 Å². The van der Waals surface area contributed by atoms with E-state index in [1.807, 2.05) is 0 Å². The molecule has 5 nitrogen and oxygen atoms in total. The summed E-state index contributed by atoms with van der Waals surface area (Å²) in [6.07, 6.45) is -0.158. The molecule has 1 aliphatic heterocycles. The van der Waals surface area contributed by atoms with E-state index in [1.165, 1.54) is 0 Å². The number of nitrogens with one attached hydrogen (secondary N) is 2. The van der Waals surface area contributed by atoms with Gasteiger partial charge in [0, 0.05) is 23.8 Å². The number of hydrogen-bond acceptors (Lipinski definition) is 3. The number of carbonyl (C=O) groups is 1. The monoisotopic (exact) mass is 254 g/mol. The van der Waals surface area contributed by atoms with Gasteiger partial charge >= 0.3 is 6.03 Å². The number of benzene rings is 1. The van der Waals surface area contributed by atoms with Crippen LogP contribution in [0.1, 0.15) is 0 Å². The summed E-state index contributed by atoms with van der Waals surface area (Å²) in [7, 11) is 0. The number of hydrogen-bond donors (Lipinski definition) is 3. The Morgan fingerprint density at radius 2 is 2.41 bits per heavy atom. The molecule has 1 saturated heterocycles. The topological polar surface area (TPSA) is 70.4 Å². The van der Waals surface area contributed by atoms with E-state index in [2.05, 4.69) is 10.6 Å². The number of nitrogens with two attached hydrogens (primary N) is 1. The van der Waals surface area contributed by atoms with E-state index in [9.17, 15) is 4.79 Å². The van der Waals surface area contributed by atoms with Gasteiger partial charge in [-0.2, -0.15) is 0 Å². The maximum absolute atomic E-state index is 11.9. The van der Waals surface area contributed by atoms with E-state index in [0.717, 1.165) is 0 Å². The minimum atomic E-state index is -0.158. The van der Waals surface area contributed by atoms with Crippen LogP contribution < -0.4 is 16.4 Å². The Balaban J connectivity index is 1.96. The van der Waals surface area contributed by atoms with Crippen LogP contribution in [0.4, 0.5) is 10.5 Å². The van der Waals surface area contributed by atoms with E-state index in [-0.39, 0.29) is 12.2 Å². The number of nitrogens with zero attached hydrogens (tertiary/aromatic N) is 1. The molecular formula is C11H15ClN4O. The second-order valence-electron chi connectivity index (χ2n) is 3.95. The molecule has 1 atom stereocenters. The Kier molecular flexibility index (Phi) is 3.83. The van der Waals surface area contributed by atoms with Gasteiger partial charge in [0.25, 0.3) is 0 Å². The lowest BCUT2D eigenvalue weighted by molar-refractivity contribution is 0.190. The highest BCUT2D eigenvalue weighted by molar-refractivity contribution is 6.30. The molecule has 1 unspecified atom stereocenters. The van der Waals surface area contributed by atoms with Crippen LogP contribution in [-0.4, -0.2) is 36.7 Å². The van der Waals surface area contributed by atoms with Crippen LogP contribution in [0.2, 0.25) is 5.02 Å². The normalized spacial score (nSPS) is 20.1. The maximum atomic E-state index is 11.9. The third-order valence-electron chi connectivity index (χ3n) is 2.57. The third-order valence-corrected chi connectivity index (χ3v) is 2.80. The van der Waals surface area contributed by atoms with Gasteiger partial charge in [0.05, 0.1) is 12.7 Å². The van der Waals surface area contributed by atoms with Crippen molar-refractivity contribution in [1.82, 2.24) is 10.2 Å². The molecule has 0 spiro atoms. The third kappa shape index (κ3) is 3.33. The number of anilines is 1. The van der Waals surface area contributed by atoms with Gasteiger partial charge in [0.2, 0.25) is 0 Å². The van der Waals surface area contributed by atoms with Gasteiger partial charge in [0.15, 0.2) is 0 Å². The van der Waals surface area contributed by atoms with E-state index >= 15 is 0 Å². The van der Waals surface area contributed by atoms with Gasteiger partial charge in [-0.25, -0.2) is 4.79 Å². The van der Waals surface area contributed by atoms with Crippen LogP contribution in [0, 0.1) is 0 Å². The summed E-state index contributed by atoms with van der Waals surface area (Å²) in [5, 5.41) is 6.46. The Labute approximate surface area is 105 Å². The Bertz CT molecular complexity index is 412. The maximum Gasteiger partial charge on any atom is 0.321 e. The highest BCUT2D eigenvalue weighted by Gasteiger charge is 2.20. The number of piperazine rings is 1. The van der Waals surface area contributed by atoms with Crippen molar-refractivity contribution < 1.29 is 4.79 Å². The second kappa shape index (κ2) is 5.35. The highest BCUT2D eigenvalue weighted by atomic mass is 35.5. The molecule has 1 aliphatic rings. The van der Waals surface area contributed by atoms with E-state index < -0.39 is 0 Å². The smallest absolute Gasteiger partial charge is 0.320 e. The van der Waals surface area contributed by atoms with Crippen LogP contribution in [0.15, 0.2) is 24.3 Å². The largest absolute Gasteiger partial charge is 0.321 e. The Morgan fingerprint density at radius 3 is 3.12 bits per heavy atom. The van der Waals surface area contributed by atoms with Crippen LogP contribution in [-0.2, 0) is 0 Å². The first kappa shape index (κ1) is 12.2. The molecule has 6 heteroatoms. The summed E-state index contributed by atoms with van der Waals surface area (Å²) in [4.78, 5) is 13.6. The lowest BCUT2D eigenvalue weighted by atomic mass is 10.3. The second-order valence-corrected chi connectivity index (χ2v) is 4.38. The summed E-state index contributed by atoms with van der Waals surface area (Å²) in [5.74, 6) is 0. The van der Waals surface area contributed by atoms with Crippen molar-refractivity contribution in [2.24, 2.45) is 5.73 Å². The average Bonchev–Trinajstić information content (AvgIpc) is 2.29. The SMILES string of the molecule is NC1CN(C(=O)Nc2cccc(Cl)c2)CCN1. The number of rotatable bonds is 1. The fraction of sp³-hybridized carbons (Fsp3) is 0.364. The molecule has 1 fully saturated rings. The van der Waals surface area contributed by atoms with Gasteiger partial charge in [0.1, 0.15) is 0 Å². The predicted molar refractivity (Wildman–Crippen MR) is 68.0 cm³/mol. The van der Waals surface area contributed by atoms with Crippen molar-refractivity contribution in [3.05, 3.63) is 29.3 Å². The molecule has 1 aromatic rings. The zero-order valence-corrected chi connectivity index (χ0v) is 10.1. The molecule has 4 N–H and O–H groups in total. The van der Waals surface area contributed by atoms with Crippen molar-refractivity contribution in [3.8, 4) is 0 Å².